The molecule has 1 fully saturated rings. The first-order valence-corrected chi connectivity index (χ1v) is 6.42. The van der Waals surface area contributed by atoms with E-state index in [1.807, 2.05) is 0 Å². The highest BCUT2D eigenvalue weighted by molar-refractivity contribution is 5.92. The molecule has 1 aromatic heterocycles. The van der Waals surface area contributed by atoms with Gasteiger partial charge in [0.15, 0.2) is 0 Å². The lowest BCUT2D eigenvalue weighted by molar-refractivity contribution is 0.1000. The first-order chi connectivity index (χ1) is 8.66. The average molecular weight is 248 g/mol. The van der Waals surface area contributed by atoms with Crippen LogP contribution in [-0.2, 0) is 0 Å². The summed E-state index contributed by atoms with van der Waals surface area (Å²) in [5.74, 6) is 0.817. The molecule has 0 aliphatic heterocycles. The quantitative estimate of drug-likeness (QED) is 0.744. The van der Waals surface area contributed by atoms with Gasteiger partial charge in [-0.3, -0.25) is 4.79 Å². The Hall–Kier alpha value is -1.62. The molecule has 1 aliphatic carbocycles. The number of anilines is 1. The number of nitrogens with one attached hydrogen (secondary N) is 1. The van der Waals surface area contributed by atoms with E-state index in [0.717, 1.165) is 18.8 Å². The Labute approximate surface area is 107 Å². The van der Waals surface area contributed by atoms with Crippen molar-refractivity contribution in [3.8, 4) is 0 Å². The van der Waals surface area contributed by atoms with Gasteiger partial charge in [-0.15, -0.1) is 0 Å². The topological polar surface area (TPSA) is 94.0 Å². The van der Waals surface area contributed by atoms with Crippen LogP contribution in [0.4, 0.5) is 5.82 Å². The molecule has 1 amide bonds. The molecular formula is C13H20N4O. The SMILES string of the molecule is NC(=O)c1ccc(NCC2CCCCC2N)nc1. The highest BCUT2D eigenvalue weighted by Gasteiger charge is 2.21. The molecule has 1 aliphatic rings. The lowest BCUT2D eigenvalue weighted by Gasteiger charge is -2.28. The molecule has 5 N–H and O–H groups in total. The predicted octanol–water partition coefficient (Wildman–Crippen LogP) is 1.11. The second-order valence-electron chi connectivity index (χ2n) is 4.89. The maximum Gasteiger partial charge on any atom is 0.250 e. The Kier molecular flexibility index (Phi) is 4.15. The number of pyridine rings is 1. The number of rotatable bonds is 4. The van der Waals surface area contributed by atoms with Crippen LogP contribution in [0.1, 0.15) is 36.0 Å². The van der Waals surface area contributed by atoms with Crippen LogP contribution in [0.2, 0.25) is 0 Å². The fourth-order valence-electron chi connectivity index (χ4n) is 2.37. The fourth-order valence-corrected chi connectivity index (χ4v) is 2.37. The van der Waals surface area contributed by atoms with Gasteiger partial charge in [0.25, 0.3) is 0 Å². The standard InChI is InChI=1S/C13H20N4O/c14-11-4-2-1-3-9(11)7-16-12-6-5-10(8-17-12)13(15)18/h5-6,8-9,11H,1-4,7,14H2,(H2,15,18)(H,16,17). The molecule has 0 spiro atoms. The summed E-state index contributed by atoms with van der Waals surface area (Å²) in [6.07, 6.45) is 6.27. The van der Waals surface area contributed by atoms with Gasteiger partial charge in [-0.25, -0.2) is 4.98 Å². The third-order valence-electron chi connectivity index (χ3n) is 3.56. The van der Waals surface area contributed by atoms with Gasteiger partial charge in [0.2, 0.25) is 5.91 Å². The van der Waals surface area contributed by atoms with Gasteiger partial charge in [-0.1, -0.05) is 12.8 Å². The number of hydrogen-bond acceptors (Lipinski definition) is 4. The molecule has 18 heavy (non-hydrogen) atoms. The minimum absolute atomic E-state index is 0.288. The lowest BCUT2D eigenvalue weighted by atomic mass is 9.85. The molecule has 0 aromatic carbocycles. The fraction of sp³-hybridized carbons (Fsp3) is 0.538. The summed E-state index contributed by atoms with van der Waals surface area (Å²) in [4.78, 5) is 15.1. The molecule has 98 valence electrons. The number of amides is 1. The molecule has 0 bridgehead atoms. The van der Waals surface area contributed by atoms with Gasteiger partial charge in [-0.05, 0) is 30.9 Å². The summed E-state index contributed by atoms with van der Waals surface area (Å²) in [5.41, 5.74) is 11.7. The first-order valence-electron chi connectivity index (χ1n) is 6.42. The molecular weight excluding hydrogens is 228 g/mol. The van der Waals surface area contributed by atoms with Crippen molar-refractivity contribution in [1.82, 2.24) is 4.98 Å². The van der Waals surface area contributed by atoms with E-state index in [2.05, 4.69) is 10.3 Å². The highest BCUT2D eigenvalue weighted by atomic mass is 16.1. The van der Waals surface area contributed by atoms with E-state index >= 15 is 0 Å². The van der Waals surface area contributed by atoms with Gasteiger partial charge in [0.05, 0.1) is 5.56 Å². The van der Waals surface area contributed by atoms with E-state index in [1.165, 1.54) is 25.5 Å². The smallest absolute Gasteiger partial charge is 0.250 e. The second-order valence-corrected chi connectivity index (χ2v) is 4.89. The number of carbonyl (C=O) groups is 1. The Morgan fingerprint density at radius 2 is 2.17 bits per heavy atom. The summed E-state index contributed by atoms with van der Waals surface area (Å²) >= 11 is 0. The van der Waals surface area contributed by atoms with Crippen LogP contribution in [0.25, 0.3) is 0 Å². The zero-order valence-corrected chi connectivity index (χ0v) is 10.4. The van der Waals surface area contributed by atoms with E-state index in [-0.39, 0.29) is 6.04 Å². The Bertz CT molecular complexity index is 404. The van der Waals surface area contributed by atoms with Crippen molar-refractivity contribution in [3.63, 3.8) is 0 Å². The monoisotopic (exact) mass is 248 g/mol. The van der Waals surface area contributed by atoms with Gasteiger partial charge in [0.1, 0.15) is 5.82 Å². The second kappa shape index (κ2) is 5.82. The normalized spacial score (nSPS) is 23.6. The van der Waals surface area contributed by atoms with Crippen molar-refractivity contribution in [2.24, 2.45) is 17.4 Å². The molecule has 0 saturated heterocycles. The Balaban J connectivity index is 1.87. The number of primary amides is 1. The zero-order chi connectivity index (χ0) is 13.0. The minimum Gasteiger partial charge on any atom is -0.370 e. The van der Waals surface area contributed by atoms with Gasteiger partial charge in [0, 0.05) is 18.8 Å². The maximum atomic E-state index is 10.9. The number of carbonyl (C=O) groups excluding carboxylic acids is 1. The van der Waals surface area contributed by atoms with E-state index in [4.69, 9.17) is 11.5 Å². The molecule has 5 heteroatoms. The number of hydrogen-bond donors (Lipinski definition) is 3. The molecule has 2 unspecified atom stereocenters. The number of aromatic nitrogens is 1. The molecule has 1 aromatic rings. The molecule has 2 rings (SSSR count). The van der Waals surface area contributed by atoms with E-state index < -0.39 is 5.91 Å². The molecule has 0 radical (unpaired) electrons. The summed E-state index contributed by atoms with van der Waals surface area (Å²) in [7, 11) is 0. The Morgan fingerprint density at radius 3 is 2.78 bits per heavy atom. The van der Waals surface area contributed by atoms with Gasteiger partial charge >= 0.3 is 0 Å². The molecule has 2 atom stereocenters. The zero-order valence-electron chi connectivity index (χ0n) is 10.4. The van der Waals surface area contributed by atoms with Crippen molar-refractivity contribution in [2.75, 3.05) is 11.9 Å². The van der Waals surface area contributed by atoms with Crippen LogP contribution in [0.5, 0.6) is 0 Å². The van der Waals surface area contributed by atoms with Crippen molar-refractivity contribution >= 4 is 11.7 Å². The van der Waals surface area contributed by atoms with Crippen LogP contribution in [0, 0.1) is 5.92 Å². The number of nitrogens with two attached hydrogens (primary N) is 2. The maximum absolute atomic E-state index is 10.9. The van der Waals surface area contributed by atoms with Crippen molar-refractivity contribution < 1.29 is 4.79 Å². The summed E-state index contributed by atoms with van der Waals surface area (Å²) in [5, 5.41) is 3.27. The predicted molar refractivity (Wildman–Crippen MR) is 71.2 cm³/mol. The van der Waals surface area contributed by atoms with Gasteiger partial charge in [-0.2, -0.15) is 0 Å². The van der Waals surface area contributed by atoms with Crippen LogP contribution >= 0.6 is 0 Å². The van der Waals surface area contributed by atoms with E-state index in [0.29, 0.717) is 11.5 Å². The van der Waals surface area contributed by atoms with Gasteiger partial charge < -0.3 is 16.8 Å². The largest absolute Gasteiger partial charge is 0.370 e. The van der Waals surface area contributed by atoms with Crippen LogP contribution in [0.15, 0.2) is 18.3 Å². The van der Waals surface area contributed by atoms with Crippen molar-refractivity contribution in [1.29, 1.82) is 0 Å². The average Bonchev–Trinajstić information content (AvgIpc) is 2.38. The van der Waals surface area contributed by atoms with Crippen molar-refractivity contribution in [3.05, 3.63) is 23.9 Å². The number of nitrogens with zero attached hydrogens (tertiary/aromatic N) is 1. The highest BCUT2D eigenvalue weighted by Crippen LogP contribution is 2.23. The lowest BCUT2D eigenvalue weighted by Crippen LogP contribution is -2.37. The third kappa shape index (κ3) is 3.20. The van der Waals surface area contributed by atoms with Crippen LogP contribution in [-0.4, -0.2) is 23.5 Å². The van der Waals surface area contributed by atoms with E-state index in [9.17, 15) is 4.79 Å². The van der Waals surface area contributed by atoms with Crippen molar-refractivity contribution in [2.45, 2.75) is 31.7 Å². The molecule has 1 saturated carbocycles. The first kappa shape index (κ1) is 12.8. The summed E-state index contributed by atoms with van der Waals surface area (Å²) in [6, 6.07) is 3.74. The minimum atomic E-state index is -0.455. The third-order valence-corrected chi connectivity index (χ3v) is 3.56. The molecule has 1 heterocycles. The molecule has 5 nitrogen and oxygen atoms in total. The summed E-state index contributed by atoms with van der Waals surface area (Å²) in [6.45, 7) is 0.837. The van der Waals surface area contributed by atoms with Crippen LogP contribution < -0.4 is 16.8 Å². The summed E-state index contributed by atoms with van der Waals surface area (Å²) < 4.78 is 0. The van der Waals surface area contributed by atoms with E-state index in [1.54, 1.807) is 12.1 Å². The Morgan fingerprint density at radius 1 is 1.39 bits per heavy atom. The van der Waals surface area contributed by atoms with Crippen LogP contribution in [0.3, 0.4) is 0 Å².